The fourth-order valence-electron chi connectivity index (χ4n) is 2.43. The molecule has 120 valence electrons. The van der Waals surface area contributed by atoms with Gasteiger partial charge < -0.3 is 5.32 Å². The van der Waals surface area contributed by atoms with Crippen LogP contribution in [0.1, 0.15) is 0 Å². The van der Waals surface area contributed by atoms with E-state index in [1.807, 2.05) is 28.7 Å². The quantitative estimate of drug-likeness (QED) is 0.559. The van der Waals surface area contributed by atoms with Gasteiger partial charge in [-0.25, -0.2) is 14.5 Å². The molecule has 4 rings (SSSR count). The molecule has 2 N–H and O–H groups in total. The molecule has 24 heavy (non-hydrogen) atoms. The van der Waals surface area contributed by atoms with Crippen LogP contribution in [0.15, 0.2) is 53.7 Å². The summed E-state index contributed by atoms with van der Waals surface area (Å²) < 4.78 is 15.0. The van der Waals surface area contributed by atoms with Crippen molar-refractivity contribution in [3.63, 3.8) is 0 Å². The third kappa shape index (κ3) is 2.71. The monoisotopic (exact) mass is 341 g/mol. The summed E-state index contributed by atoms with van der Waals surface area (Å²) in [5, 5.41) is 10.4. The number of thioether (sulfide) groups is 1. The molecule has 0 saturated carbocycles. The normalized spacial score (nSPS) is 11.2. The number of carbonyl (C=O) groups is 1. The third-order valence-electron chi connectivity index (χ3n) is 3.44. The van der Waals surface area contributed by atoms with Gasteiger partial charge in [0, 0.05) is 5.69 Å². The van der Waals surface area contributed by atoms with Crippen molar-refractivity contribution in [3.8, 4) is 0 Å². The summed E-state index contributed by atoms with van der Waals surface area (Å²) in [4.78, 5) is 16.5. The second kappa shape index (κ2) is 5.97. The van der Waals surface area contributed by atoms with Gasteiger partial charge in [-0.05, 0) is 30.3 Å². The standard InChI is InChI=1S/C16H12FN5OS/c17-10-4-3-5-11(8-10)18-14(23)9-24-16-21-20-15-19-12-6-1-2-7-13(12)22(15)16/h1-8H,9H2,(H,18,23)(H,19,20). The first-order chi connectivity index (χ1) is 11.7. The van der Waals surface area contributed by atoms with Gasteiger partial charge in [0.15, 0.2) is 5.16 Å². The van der Waals surface area contributed by atoms with Gasteiger partial charge in [0.2, 0.25) is 11.7 Å². The highest BCUT2D eigenvalue weighted by molar-refractivity contribution is 7.99. The van der Waals surface area contributed by atoms with Crippen LogP contribution in [-0.2, 0) is 4.79 Å². The van der Waals surface area contributed by atoms with E-state index >= 15 is 0 Å². The maximum atomic E-state index is 13.1. The number of amides is 1. The molecule has 2 aromatic carbocycles. The molecule has 0 aliphatic carbocycles. The van der Waals surface area contributed by atoms with E-state index in [-0.39, 0.29) is 17.5 Å². The molecular formula is C16H12FN5OS. The van der Waals surface area contributed by atoms with Crippen LogP contribution in [0.2, 0.25) is 0 Å². The van der Waals surface area contributed by atoms with Crippen molar-refractivity contribution in [1.82, 2.24) is 19.6 Å². The number of halogens is 1. The van der Waals surface area contributed by atoms with Gasteiger partial charge in [0.1, 0.15) is 5.82 Å². The van der Waals surface area contributed by atoms with Crippen LogP contribution in [0.3, 0.4) is 0 Å². The molecule has 8 heteroatoms. The van der Waals surface area contributed by atoms with E-state index in [4.69, 9.17) is 0 Å². The molecule has 2 heterocycles. The average Bonchev–Trinajstić information content (AvgIpc) is 3.12. The lowest BCUT2D eigenvalue weighted by Crippen LogP contribution is -2.14. The molecule has 0 bridgehead atoms. The van der Waals surface area contributed by atoms with Crippen molar-refractivity contribution < 1.29 is 9.18 Å². The summed E-state index contributed by atoms with van der Waals surface area (Å²) in [6.07, 6.45) is 0. The topological polar surface area (TPSA) is 75.1 Å². The molecular weight excluding hydrogens is 329 g/mol. The van der Waals surface area contributed by atoms with Crippen molar-refractivity contribution >= 4 is 40.2 Å². The minimum atomic E-state index is -0.389. The molecule has 0 spiro atoms. The number of para-hydroxylation sites is 2. The van der Waals surface area contributed by atoms with Crippen molar-refractivity contribution in [2.24, 2.45) is 0 Å². The molecule has 4 aromatic rings. The van der Waals surface area contributed by atoms with Gasteiger partial charge in [-0.3, -0.25) is 9.20 Å². The van der Waals surface area contributed by atoms with Crippen molar-refractivity contribution in [2.75, 3.05) is 11.1 Å². The van der Waals surface area contributed by atoms with Gasteiger partial charge in [-0.15, -0.1) is 5.10 Å². The second-order valence-electron chi connectivity index (χ2n) is 5.11. The SMILES string of the molecule is O=C(CSc1n[nH]c2nc3ccccc3n12)Nc1cccc(F)c1. The predicted octanol–water partition coefficient (Wildman–Crippen LogP) is 3.08. The first kappa shape index (κ1) is 14.7. The van der Waals surface area contributed by atoms with Crippen LogP contribution in [0.25, 0.3) is 16.8 Å². The number of rotatable bonds is 4. The molecule has 0 fully saturated rings. The summed E-state index contributed by atoms with van der Waals surface area (Å²) in [5.74, 6) is 0.165. The van der Waals surface area contributed by atoms with Gasteiger partial charge in [0.25, 0.3) is 0 Å². The van der Waals surface area contributed by atoms with Gasteiger partial charge in [0.05, 0.1) is 16.8 Å². The molecule has 0 radical (unpaired) electrons. The molecule has 0 aliphatic rings. The van der Waals surface area contributed by atoms with Crippen molar-refractivity contribution in [1.29, 1.82) is 0 Å². The Labute approximate surface area is 140 Å². The van der Waals surface area contributed by atoms with Crippen LogP contribution in [0, 0.1) is 5.82 Å². The molecule has 1 amide bonds. The highest BCUT2D eigenvalue weighted by atomic mass is 32.2. The number of nitrogens with one attached hydrogen (secondary N) is 2. The first-order valence-corrected chi connectivity index (χ1v) is 8.19. The van der Waals surface area contributed by atoms with Crippen molar-refractivity contribution in [2.45, 2.75) is 5.16 Å². The highest BCUT2D eigenvalue weighted by Crippen LogP contribution is 2.23. The number of aromatic amines is 1. The molecule has 2 aromatic heterocycles. The van der Waals surface area contributed by atoms with Gasteiger partial charge in [-0.1, -0.05) is 30.0 Å². The molecule has 0 aliphatic heterocycles. The second-order valence-corrected chi connectivity index (χ2v) is 6.06. The zero-order chi connectivity index (χ0) is 16.5. The zero-order valence-corrected chi connectivity index (χ0v) is 13.2. The number of hydrogen-bond acceptors (Lipinski definition) is 4. The Hall–Kier alpha value is -2.87. The maximum absolute atomic E-state index is 13.1. The number of imidazole rings is 1. The van der Waals surface area contributed by atoms with Crippen molar-refractivity contribution in [3.05, 3.63) is 54.3 Å². The Morgan fingerprint density at radius 2 is 2.12 bits per heavy atom. The van der Waals surface area contributed by atoms with E-state index in [1.165, 1.54) is 23.9 Å². The molecule has 0 unspecified atom stereocenters. The van der Waals surface area contributed by atoms with E-state index in [0.29, 0.717) is 16.6 Å². The minimum Gasteiger partial charge on any atom is -0.325 e. The van der Waals surface area contributed by atoms with E-state index in [9.17, 15) is 9.18 Å². The van der Waals surface area contributed by atoms with Gasteiger partial charge in [-0.2, -0.15) is 0 Å². The van der Waals surface area contributed by atoms with Crippen LogP contribution in [-0.4, -0.2) is 31.2 Å². The summed E-state index contributed by atoms with van der Waals surface area (Å²) in [6.45, 7) is 0. The minimum absolute atomic E-state index is 0.156. The van der Waals surface area contributed by atoms with E-state index in [2.05, 4.69) is 20.5 Å². The average molecular weight is 341 g/mol. The number of carbonyl (C=O) groups excluding carboxylic acids is 1. The fraction of sp³-hybridized carbons (Fsp3) is 0.0625. The lowest BCUT2D eigenvalue weighted by Gasteiger charge is -2.04. The summed E-state index contributed by atoms with van der Waals surface area (Å²) in [7, 11) is 0. The Bertz CT molecular complexity index is 1040. The van der Waals surface area contributed by atoms with Crippen LogP contribution in [0.4, 0.5) is 10.1 Å². The smallest absolute Gasteiger partial charge is 0.234 e. The largest absolute Gasteiger partial charge is 0.325 e. The van der Waals surface area contributed by atoms with Crippen LogP contribution in [0.5, 0.6) is 0 Å². The molecule has 0 atom stereocenters. The number of hydrogen-bond donors (Lipinski definition) is 2. The fourth-order valence-corrected chi connectivity index (χ4v) is 3.19. The molecule has 6 nitrogen and oxygen atoms in total. The highest BCUT2D eigenvalue weighted by Gasteiger charge is 2.13. The number of fused-ring (bicyclic) bond motifs is 3. The lowest BCUT2D eigenvalue weighted by molar-refractivity contribution is -0.113. The zero-order valence-electron chi connectivity index (χ0n) is 12.4. The van der Waals surface area contributed by atoms with Crippen LogP contribution < -0.4 is 5.32 Å². The maximum Gasteiger partial charge on any atom is 0.234 e. The Morgan fingerprint density at radius 1 is 1.25 bits per heavy atom. The number of benzene rings is 2. The number of nitrogens with zero attached hydrogens (tertiary/aromatic N) is 3. The summed E-state index contributed by atoms with van der Waals surface area (Å²) in [5.41, 5.74) is 2.22. The van der Waals surface area contributed by atoms with E-state index in [1.54, 1.807) is 12.1 Å². The van der Waals surface area contributed by atoms with Crippen LogP contribution >= 0.6 is 11.8 Å². The number of H-pyrrole nitrogens is 1. The lowest BCUT2D eigenvalue weighted by atomic mass is 10.3. The van der Waals surface area contributed by atoms with E-state index in [0.717, 1.165) is 11.0 Å². The molecule has 0 saturated heterocycles. The Morgan fingerprint density at radius 3 is 3.00 bits per heavy atom. The first-order valence-electron chi connectivity index (χ1n) is 7.20. The number of aromatic nitrogens is 4. The van der Waals surface area contributed by atoms with E-state index < -0.39 is 0 Å². The number of anilines is 1. The third-order valence-corrected chi connectivity index (χ3v) is 4.38. The summed E-state index contributed by atoms with van der Waals surface area (Å²) in [6, 6.07) is 13.5. The Balaban J connectivity index is 1.51. The predicted molar refractivity (Wildman–Crippen MR) is 90.6 cm³/mol. The Kier molecular flexibility index (Phi) is 3.66. The van der Waals surface area contributed by atoms with Gasteiger partial charge >= 0.3 is 0 Å². The summed E-state index contributed by atoms with van der Waals surface area (Å²) >= 11 is 1.28.